The SMILES string of the molecule is CCOC(=O)C1=C(C)N=C2S[C@@H](C)C(=O)N2[C@@H]1c1ccccc1. The van der Waals surface area contributed by atoms with Gasteiger partial charge in [-0.05, 0) is 26.3 Å². The molecule has 5 nitrogen and oxygen atoms in total. The molecule has 0 bridgehead atoms. The first kappa shape index (κ1) is 15.8. The highest BCUT2D eigenvalue weighted by Crippen LogP contribution is 2.43. The van der Waals surface area contributed by atoms with Gasteiger partial charge in [0.25, 0.3) is 0 Å². The smallest absolute Gasteiger partial charge is 0.338 e. The van der Waals surface area contributed by atoms with Crippen molar-refractivity contribution in [1.29, 1.82) is 0 Å². The van der Waals surface area contributed by atoms with Crippen LogP contribution in [-0.4, -0.2) is 33.8 Å². The number of ether oxygens (including phenoxy) is 1. The molecule has 1 saturated heterocycles. The van der Waals surface area contributed by atoms with Crippen molar-refractivity contribution in [2.75, 3.05) is 6.61 Å². The molecule has 2 aliphatic rings. The molecule has 2 atom stereocenters. The molecular formula is C17H18N2O3S. The van der Waals surface area contributed by atoms with Crippen LogP contribution in [0.15, 0.2) is 46.6 Å². The first-order valence-corrected chi connectivity index (χ1v) is 8.43. The van der Waals surface area contributed by atoms with E-state index in [-0.39, 0.29) is 17.8 Å². The largest absolute Gasteiger partial charge is 0.463 e. The molecule has 120 valence electrons. The van der Waals surface area contributed by atoms with Crippen LogP contribution in [0.25, 0.3) is 0 Å². The summed E-state index contributed by atoms with van der Waals surface area (Å²) in [4.78, 5) is 31.2. The highest BCUT2D eigenvalue weighted by Gasteiger charge is 2.46. The molecule has 1 amide bonds. The Labute approximate surface area is 139 Å². The van der Waals surface area contributed by atoms with Crippen LogP contribution in [0.3, 0.4) is 0 Å². The van der Waals surface area contributed by atoms with Gasteiger partial charge < -0.3 is 4.74 Å². The van der Waals surface area contributed by atoms with Gasteiger partial charge in [0.2, 0.25) is 5.91 Å². The zero-order chi connectivity index (χ0) is 16.6. The summed E-state index contributed by atoms with van der Waals surface area (Å²) in [5, 5.41) is 0.455. The van der Waals surface area contributed by atoms with Gasteiger partial charge >= 0.3 is 5.97 Å². The Morgan fingerprint density at radius 1 is 1.35 bits per heavy atom. The van der Waals surface area contributed by atoms with Gasteiger partial charge in [0.15, 0.2) is 5.17 Å². The molecule has 0 aromatic heterocycles. The zero-order valence-corrected chi connectivity index (χ0v) is 14.1. The van der Waals surface area contributed by atoms with Crippen molar-refractivity contribution in [3.63, 3.8) is 0 Å². The van der Waals surface area contributed by atoms with Crippen molar-refractivity contribution in [1.82, 2.24) is 4.90 Å². The number of rotatable bonds is 3. The summed E-state index contributed by atoms with van der Waals surface area (Å²) in [6, 6.07) is 9.06. The molecule has 2 heterocycles. The average molecular weight is 330 g/mol. The highest BCUT2D eigenvalue weighted by atomic mass is 32.2. The number of hydrogen-bond donors (Lipinski definition) is 0. The third-order valence-corrected chi connectivity index (χ3v) is 4.92. The zero-order valence-electron chi connectivity index (χ0n) is 13.3. The van der Waals surface area contributed by atoms with Crippen LogP contribution >= 0.6 is 11.8 Å². The maximum Gasteiger partial charge on any atom is 0.338 e. The third-order valence-electron chi connectivity index (χ3n) is 3.87. The molecule has 1 aromatic rings. The van der Waals surface area contributed by atoms with E-state index in [4.69, 9.17) is 4.74 Å². The molecule has 6 heteroatoms. The Morgan fingerprint density at radius 3 is 2.70 bits per heavy atom. The molecule has 0 radical (unpaired) electrons. The van der Waals surface area contributed by atoms with Crippen molar-refractivity contribution >= 4 is 28.8 Å². The summed E-state index contributed by atoms with van der Waals surface area (Å²) in [6.45, 7) is 5.70. The standard InChI is InChI=1S/C17H18N2O3S/c1-4-22-16(21)13-10(2)18-17-19(15(20)11(3)23-17)14(13)12-8-6-5-7-9-12/h5-9,11,14H,4H2,1-3H3/t11-,14+/m0/s1. The number of aliphatic imine (C=N–C) groups is 1. The normalized spacial score (nSPS) is 23.7. The van der Waals surface area contributed by atoms with E-state index in [9.17, 15) is 9.59 Å². The van der Waals surface area contributed by atoms with Crippen molar-refractivity contribution in [2.24, 2.45) is 4.99 Å². The number of thioether (sulfide) groups is 1. The van der Waals surface area contributed by atoms with Gasteiger partial charge in [-0.2, -0.15) is 0 Å². The van der Waals surface area contributed by atoms with Crippen molar-refractivity contribution in [3.8, 4) is 0 Å². The second-order valence-corrected chi connectivity index (χ2v) is 6.70. The highest BCUT2D eigenvalue weighted by molar-refractivity contribution is 8.15. The Kier molecular flexibility index (Phi) is 4.26. The van der Waals surface area contributed by atoms with Crippen LogP contribution in [0, 0.1) is 0 Å². The fraction of sp³-hybridized carbons (Fsp3) is 0.353. The lowest BCUT2D eigenvalue weighted by molar-refractivity contribution is -0.139. The van der Waals surface area contributed by atoms with E-state index in [1.165, 1.54) is 11.8 Å². The monoisotopic (exact) mass is 330 g/mol. The number of fused-ring (bicyclic) bond motifs is 1. The summed E-state index contributed by atoms with van der Waals surface area (Å²) in [5.41, 5.74) is 1.92. The van der Waals surface area contributed by atoms with E-state index in [0.29, 0.717) is 16.4 Å². The minimum atomic E-state index is -0.479. The molecule has 0 unspecified atom stereocenters. The Hall–Kier alpha value is -2.08. The number of esters is 1. The Bertz CT molecular complexity index is 712. The predicted molar refractivity (Wildman–Crippen MR) is 89.9 cm³/mol. The maximum atomic E-state index is 12.6. The number of hydrogen-bond acceptors (Lipinski definition) is 5. The molecular weight excluding hydrogens is 312 g/mol. The minimum absolute atomic E-state index is 0.0306. The fourth-order valence-corrected chi connectivity index (χ4v) is 3.85. The van der Waals surface area contributed by atoms with Crippen LogP contribution in [0.5, 0.6) is 0 Å². The molecule has 0 saturated carbocycles. The lowest BCUT2D eigenvalue weighted by Crippen LogP contribution is -2.40. The second kappa shape index (κ2) is 6.20. The van der Waals surface area contributed by atoms with Crippen LogP contribution in [0.1, 0.15) is 32.4 Å². The Morgan fingerprint density at radius 2 is 2.04 bits per heavy atom. The first-order chi connectivity index (χ1) is 11.0. The van der Waals surface area contributed by atoms with Gasteiger partial charge in [0, 0.05) is 0 Å². The van der Waals surface area contributed by atoms with Gasteiger partial charge in [-0.25, -0.2) is 9.79 Å². The van der Waals surface area contributed by atoms with Crippen LogP contribution in [-0.2, 0) is 14.3 Å². The molecule has 0 spiro atoms. The lowest BCUT2D eigenvalue weighted by Gasteiger charge is -2.32. The summed E-state index contributed by atoms with van der Waals surface area (Å²) in [7, 11) is 0. The number of allylic oxidation sites excluding steroid dienone is 1. The van der Waals surface area contributed by atoms with E-state index < -0.39 is 12.0 Å². The summed E-state index contributed by atoms with van der Waals surface area (Å²) >= 11 is 1.43. The third kappa shape index (κ3) is 2.67. The predicted octanol–water partition coefficient (Wildman–Crippen LogP) is 2.90. The molecule has 1 fully saturated rings. The van der Waals surface area contributed by atoms with Gasteiger partial charge in [-0.15, -0.1) is 0 Å². The number of amidine groups is 1. The van der Waals surface area contributed by atoms with E-state index >= 15 is 0 Å². The van der Waals surface area contributed by atoms with E-state index in [0.717, 1.165) is 5.56 Å². The lowest BCUT2D eigenvalue weighted by atomic mass is 9.94. The molecule has 2 aliphatic heterocycles. The van der Waals surface area contributed by atoms with Crippen molar-refractivity contribution in [2.45, 2.75) is 32.1 Å². The number of carbonyl (C=O) groups excluding carboxylic acids is 2. The topological polar surface area (TPSA) is 59.0 Å². The molecule has 23 heavy (non-hydrogen) atoms. The molecule has 1 aromatic carbocycles. The van der Waals surface area contributed by atoms with E-state index in [2.05, 4.69) is 4.99 Å². The van der Waals surface area contributed by atoms with Crippen molar-refractivity contribution < 1.29 is 14.3 Å². The molecule has 3 rings (SSSR count). The van der Waals surface area contributed by atoms with Gasteiger partial charge in [0.05, 0.1) is 29.2 Å². The van der Waals surface area contributed by atoms with Crippen LogP contribution in [0.2, 0.25) is 0 Å². The summed E-state index contributed by atoms with van der Waals surface area (Å²) < 4.78 is 5.20. The summed E-state index contributed by atoms with van der Waals surface area (Å²) in [5.74, 6) is -0.448. The first-order valence-electron chi connectivity index (χ1n) is 7.55. The van der Waals surface area contributed by atoms with Crippen LogP contribution < -0.4 is 0 Å². The van der Waals surface area contributed by atoms with Gasteiger partial charge in [-0.3, -0.25) is 9.69 Å². The molecule has 0 N–H and O–H groups in total. The number of carbonyl (C=O) groups is 2. The second-order valence-electron chi connectivity index (χ2n) is 5.40. The average Bonchev–Trinajstić information content (AvgIpc) is 2.81. The van der Waals surface area contributed by atoms with E-state index in [1.54, 1.807) is 18.7 Å². The fourth-order valence-electron chi connectivity index (χ4n) is 2.82. The Balaban J connectivity index is 2.14. The van der Waals surface area contributed by atoms with Crippen LogP contribution in [0.4, 0.5) is 0 Å². The summed E-state index contributed by atoms with van der Waals surface area (Å²) in [6.07, 6.45) is 0. The van der Waals surface area contributed by atoms with Crippen molar-refractivity contribution in [3.05, 3.63) is 47.2 Å². The molecule has 0 aliphatic carbocycles. The number of benzene rings is 1. The van der Waals surface area contributed by atoms with E-state index in [1.807, 2.05) is 37.3 Å². The number of nitrogens with zero attached hydrogens (tertiary/aromatic N) is 2. The minimum Gasteiger partial charge on any atom is -0.463 e. The quantitative estimate of drug-likeness (QED) is 0.800. The van der Waals surface area contributed by atoms with Gasteiger partial charge in [0.1, 0.15) is 0 Å². The maximum absolute atomic E-state index is 12.6. The van der Waals surface area contributed by atoms with Gasteiger partial charge in [-0.1, -0.05) is 42.1 Å². The number of amides is 1.